The van der Waals surface area contributed by atoms with E-state index in [0.717, 1.165) is 11.3 Å². The predicted molar refractivity (Wildman–Crippen MR) is 101 cm³/mol. The number of halogens is 3. The van der Waals surface area contributed by atoms with Gasteiger partial charge >= 0.3 is 0 Å². The second kappa shape index (κ2) is 8.54. The molecule has 3 aromatic rings. The first-order valence-electron chi connectivity index (χ1n) is 8.06. The maximum atomic E-state index is 12.2. The van der Waals surface area contributed by atoms with Crippen LogP contribution in [0.15, 0.2) is 48.7 Å². The van der Waals surface area contributed by atoms with Crippen molar-refractivity contribution in [2.24, 2.45) is 0 Å². The fourth-order valence-electron chi connectivity index (χ4n) is 2.60. The lowest BCUT2D eigenvalue weighted by Crippen LogP contribution is -2.02. The van der Waals surface area contributed by atoms with Gasteiger partial charge in [0.05, 0.1) is 42.5 Å². The van der Waals surface area contributed by atoms with Crippen LogP contribution >= 0.6 is 23.2 Å². The molecule has 3 rings (SSSR count). The van der Waals surface area contributed by atoms with Crippen LogP contribution in [-0.2, 0) is 6.61 Å². The molecule has 1 heterocycles. The van der Waals surface area contributed by atoms with E-state index in [4.69, 9.17) is 27.9 Å². The Balaban J connectivity index is 1.98. The molecular formula is C19H17Cl2FN2O2. The highest BCUT2D eigenvalue weighted by atomic mass is 35.5. The highest BCUT2D eigenvalue weighted by Crippen LogP contribution is 2.32. The van der Waals surface area contributed by atoms with Crippen molar-refractivity contribution in [3.8, 4) is 22.7 Å². The van der Waals surface area contributed by atoms with Gasteiger partial charge in [0.2, 0.25) is 0 Å². The molecule has 0 saturated heterocycles. The summed E-state index contributed by atoms with van der Waals surface area (Å²) in [6.45, 7) is -0.232. The fourth-order valence-corrected chi connectivity index (χ4v) is 3.08. The highest BCUT2D eigenvalue weighted by Gasteiger charge is 2.16. The minimum Gasteiger partial charge on any atom is -0.493 e. The number of benzene rings is 2. The highest BCUT2D eigenvalue weighted by molar-refractivity contribution is 6.35. The van der Waals surface area contributed by atoms with Crippen LogP contribution in [0.2, 0.25) is 10.0 Å². The quantitative estimate of drug-likeness (QED) is 0.568. The third kappa shape index (κ3) is 4.01. The average molecular weight is 395 g/mol. The Labute approximate surface area is 160 Å². The van der Waals surface area contributed by atoms with Gasteiger partial charge in [-0.1, -0.05) is 23.2 Å². The number of nitrogens with zero attached hydrogens (tertiary/aromatic N) is 2. The van der Waals surface area contributed by atoms with Crippen molar-refractivity contribution in [2.75, 3.05) is 13.3 Å². The largest absolute Gasteiger partial charge is 0.493 e. The maximum absolute atomic E-state index is 12.2. The fraction of sp³-hybridized carbons (Fsp3) is 0.211. The van der Waals surface area contributed by atoms with E-state index in [-0.39, 0.29) is 6.61 Å². The van der Waals surface area contributed by atoms with E-state index in [0.29, 0.717) is 40.1 Å². The van der Waals surface area contributed by atoms with E-state index in [1.54, 1.807) is 41.2 Å². The minimum absolute atomic E-state index is 0.157. The van der Waals surface area contributed by atoms with Crippen molar-refractivity contribution < 1.29 is 14.2 Å². The predicted octanol–water partition coefficient (Wildman–Crippen LogP) is 5.08. The number of hydrogen-bond acceptors (Lipinski definition) is 3. The Morgan fingerprint density at radius 2 is 1.88 bits per heavy atom. The van der Waals surface area contributed by atoms with Crippen LogP contribution in [0, 0.1) is 0 Å². The van der Waals surface area contributed by atoms with Gasteiger partial charge in [-0.25, -0.2) is 4.68 Å². The van der Waals surface area contributed by atoms with Crippen molar-refractivity contribution in [1.29, 1.82) is 0 Å². The van der Waals surface area contributed by atoms with E-state index in [9.17, 15) is 9.50 Å². The zero-order chi connectivity index (χ0) is 18.5. The number of aliphatic hydroxyl groups is 1. The first kappa shape index (κ1) is 18.7. The van der Waals surface area contributed by atoms with E-state index in [1.807, 2.05) is 12.1 Å². The number of aliphatic hydroxyl groups excluding tert-OH is 1. The van der Waals surface area contributed by atoms with E-state index >= 15 is 0 Å². The van der Waals surface area contributed by atoms with Crippen molar-refractivity contribution >= 4 is 23.2 Å². The summed E-state index contributed by atoms with van der Waals surface area (Å²) in [6.07, 6.45) is 1.96. The smallest absolute Gasteiger partial charge is 0.119 e. The van der Waals surface area contributed by atoms with E-state index in [1.165, 1.54) is 0 Å². The molecular weight excluding hydrogens is 378 g/mol. The lowest BCUT2D eigenvalue weighted by Gasteiger charge is -2.12. The molecule has 1 aromatic heterocycles. The van der Waals surface area contributed by atoms with Crippen LogP contribution < -0.4 is 4.74 Å². The van der Waals surface area contributed by atoms with Crippen molar-refractivity contribution in [3.63, 3.8) is 0 Å². The lowest BCUT2D eigenvalue weighted by molar-refractivity contribution is 0.282. The molecule has 1 N–H and O–H groups in total. The van der Waals surface area contributed by atoms with Gasteiger partial charge in [-0.2, -0.15) is 5.10 Å². The molecule has 0 unspecified atom stereocenters. The Bertz CT molecular complexity index is 882. The molecule has 4 nitrogen and oxygen atoms in total. The average Bonchev–Trinajstić information content (AvgIpc) is 3.06. The van der Waals surface area contributed by atoms with Gasteiger partial charge in [0.15, 0.2) is 0 Å². The third-order valence-corrected chi connectivity index (χ3v) is 4.37. The third-order valence-electron chi connectivity index (χ3n) is 3.83. The Morgan fingerprint density at radius 3 is 2.54 bits per heavy atom. The molecule has 0 aliphatic carbocycles. The van der Waals surface area contributed by atoms with Gasteiger partial charge in [0.1, 0.15) is 5.75 Å². The molecule has 0 aliphatic heterocycles. The van der Waals surface area contributed by atoms with Gasteiger partial charge in [0.25, 0.3) is 0 Å². The molecule has 136 valence electrons. The second-order valence-electron chi connectivity index (χ2n) is 5.60. The van der Waals surface area contributed by atoms with Crippen LogP contribution in [0.4, 0.5) is 4.39 Å². The molecule has 0 amide bonds. The molecule has 0 radical (unpaired) electrons. The van der Waals surface area contributed by atoms with Gasteiger partial charge < -0.3 is 9.84 Å². The minimum atomic E-state index is -0.404. The van der Waals surface area contributed by atoms with Gasteiger partial charge in [-0.15, -0.1) is 0 Å². The summed E-state index contributed by atoms with van der Waals surface area (Å²) in [7, 11) is 0. The zero-order valence-corrected chi connectivity index (χ0v) is 15.3. The zero-order valence-electron chi connectivity index (χ0n) is 13.8. The number of ether oxygens (including phenoxy) is 1. The van der Waals surface area contributed by atoms with E-state index in [2.05, 4.69) is 5.10 Å². The summed E-state index contributed by atoms with van der Waals surface area (Å²) in [5, 5.41) is 15.0. The van der Waals surface area contributed by atoms with Crippen LogP contribution in [0.3, 0.4) is 0 Å². The van der Waals surface area contributed by atoms with Crippen LogP contribution in [0.1, 0.15) is 12.0 Å². The summed E-state index contributed by atoms with van der Waals surface area (Å²) >= 11 is 12.3. The van der Waals surface area contributed by atoms with E-state index < -0.39 is 6.67 Å². The monoisotopic (exact) mass is 394 g/mol. The van der Waals surface area contributed by atoms with Crippen LogP contribution in [0.5, 0.6) is 5.75 Å². The SMILES string of the molecule is OCc1cnn(-c2ccc(Cl)cc2Cl)c1-c1ccc(OCCCF)cc1. The van der Waals surface area contributed by atoms with Crippen LogP contribution in [0.25, 0.3) is 16.9 Å². The standard InChI is InChI=1S/C19H17Cl2FN2O2/c20-15-4-7-18(17(21)10-15)24-19(14(12-25)11-23-24)13-2-5-16(6-3-13)26-9-1-8-22/h2-7,10-11,25H,1,8-9,12H2. The molecule has 2 aromatic carbocycles. The summed E-state index contributed by atoms with van der Waals surface area (Å²) < 4.78 is 19.3. The molecule has 26 heavy (non-hydrogen) atoms. The molecule has 0 saturated carbocycles. The molecule has 7 heteroatoms. The van der Waals surface area contributed by atoms with Crippen molar-refractivity contribution in [2.45, 2.75) is 13.0 Å². The van der Waals surface area contributed by atoms with Gasteiger partial charge in [-0.05, 0) is 42.5 Å². The lowest BCUT2D eigenvalue weighted by atomic mass is 10.1. The molecule has 0 fully saturated rings. The summed E-state index contributed by atoms with van der Waals surface area (Å²) in [6, 6.07) is 12.5. The summed E-state index contributed by atoms with van der Waals surface area (Å²) in [5.41, 5.74) is 2.90. The summed E-state index contributed by atoms with van der Waals surface area (Å²) in [4.78, 5) is 0. The van der Waals surface area contributed by atoms with Crippen LogP contribution in [-0.4, -0.2) is 28.2 Å². The number of aromatic nitrogens is 2. The Kier molecular flexibility index (Phi) is 6.14. The first-order chi connectivity index (χ1) is 12.6. The maximum Gasteiger partial charge on any atom is 0.119 e. The first-order valence-corrected chi connectivity index (χ1v) is 8.82. The topological polar surface area (TPSA) is 47.3 Å². The van der Waals surface area contributed by atoms with Gasteiger partial charge in [-0.3, -0.25) is 4.39 Å². The number of rotatable bonds is 7. The normalized spacial score (nSPS) is 10.9. The van der Waals surface area contributed by atoms with Crippen molar-refractivity contribution in [1.82, 2.24) is 9.78 Å². The van der Waals surface area contributed by atoms with Crippen molar-refractivity contribution in [3.05, 3.63) is 64.3 Å². The second-order valence-corrected chi connectivity index (χ2v) is 6.44. The Hall–Kier alpha value is -2.08. The molecule has 0 aliphatic rings. The summed E-state index contributed by atoms with van der Waals surface area (Å²) in [5.74, 6) is 0.656. The molecule has 0 bridgehead atoms. The number of alkyl halides is 1. The van der Waals surface area contributed by atoms with Gasteiger partial charge in [0, 0.05) is 22.6 Å². The molecule has 0 spiro atoms. The number of hydrogen-bond donors (Lipinski definition) is 1. The Morgan fingerprint density at radius 1 is 1.12 bits per heavy atom. The molecule has 0 atom stereocenters.